The first-order valence-electron chi connectivity index (χ1n) is 7.48. The first-order chi connectivity index (χ1) is 10.9. The highest BCUT2D eigenvalue weighted by molar-refractivity contribution is 5.78. The van der Waals surface area contributed by atoms with Gasteiger partial charge in [-0.25, -0.2) is 9.97 Å². The van der Waals surface area contributed by atoms with Gasteiger partial charge in [-0.1, -0.05) is 36.4 Å². The Balaban J connectivity index is 1.75. The summed E-state index contributed by atoms with van der Waals surface area (Å²) in [6.07, 6.45) is 6.98. The summed E-state index contributed by atoms with van der Waals surface area (Å²) >= 11 is 0. The molecule has 0 atom stereocenters. The van der Waals surface area contributed by atoms with Crippen LogP contribution in [0.2, 0.25) is 0 Å². The van der Waals surface area contributed by atoms with E-state index in [-0.39, 0.29) is 0 Å². The van der Waals surface area contributed by atoms with E-state index >= 15 is 0 Å². The maximum atomic E-state index is 4.63. The Morgan fingerprint density at radius 1 is 0.955 bits per heavy atom. The maximum Gasteiger partial charge on any atom is 0.178 e. The molecule has 1 N–H and O–H groups in total. The van der Waals surface area contributed by atoms with Gasteiger partial charge in [0.15, 0.2) is 5.65 Å². The molecule has 1 aliphatic rings. The van der Waals surface area contributed by atoms with Gasteiger partial charge in [0.1, 0.15) is 5.52 Å². The van der Waals surface area contributed by atoms with Gasteiger partial charge < -0.3 is 5.32 Å². The lowest BCUT2D eigenvalue weighted by atomic mass is 10.0. The molecule has 0 radical (unpaired) electrons. The summed E-state index contributed by atoms with van der Waals surface area (Å²) in [7, 11) is 0. The lowest BCUT2D eigenvalue weighted by Crippen LogP contribution is -2.20. The summed E-state index contributed by atoms with van der Waals surface area (Å²) in [5.41, 5.74) is 5.94. The van der Waals surface area contributed by atoms with Crippen LogP contribution < -0.4 is 5.32 Å². The normalized spacial score (nSPS) is 14.8. The molecule has 1 aromatic carbocycles. The lowest BCUT2D eigenvalue weighted by molar-refractivity contribution is 0.738. The van der Waals surface area contributed by atoms with Crippen LogP contribution in [0.3, 0.4) is 0 Å². The second-order valence-corrected chi connectivity index (χ2v) is 5.37. The molecule has 0 unspecified atom stereocenters. The van der Waals surface area contributed by atoms with E-state index in [1.165, 1.54) is 5.57 Å². The summed E-state index contributed by atoms with van der Waals surface area (Å²) in [5.74, 6) is 0. The van der Waals surface area contributed by atoms with Crippen molar-refractivity contribution in [3.8, 4) is 11.3 Å². The molecule has 108 valence electrons. The van der Waals surface area contributed by atoms with E-state index < -0.39 is 0 Å². The average molecular weight is 288 g/mol. The van der Waals surface area contributed by atoms with Gasteiger partial charge in [-0.05, 0) is 30.2 Å². The van der Waals surface area contributed by atoms with Crippen LogP contribution >= 0.6 is 0 Å². The Hall–Kier alpha value is -2.59. The van der Waals surface area contributed by atoms with E-state index in [9.17, 15) is 0 Å². The number of pyridine rings is 1. The number of nitrogens with one attached hydrogen (secondary N) is 1. The summed E-state index contributed by atoms with van der Waals surface area (Å²) in [4.78, 5) is 13.7. The third-order valence-electron chi connectivity index (χ3n) is 3.90. The van der Waals surface area contributed by atoms with Gasteiger partial charge in [0.05, 0.1) is 11.9 Å². The van der Waals surface area contributed by atoms with E-state index in [0.29, 0.717) is 5.65 Å². The Labute approximate surface area is 129 Å². The Morgan fingerprint density at radius 3 is 2.68 bits per heavy atom. The van der Waals surface area contributed by atoms with Gasteiger partial charge in [-0.15, -0.1) is 0 Å². The number of hydrogen-bond donors (Lipinski definition) is 1. The minimum Gasteiger partial charge on any atom is -0.313 e. The molecular formula is C18H16N4. The smallest absolute Gasteiger partial charge is 0.178 e. The SMILES string of the molecule is C1=C(c2cnc3nc(-c4ccccc4)cnc3c2)CCNC1. The van der Waals surface area contributed by atoms with Crippen LogP contribution in [0.4, 0.5) is 0 Å². The highest BCUT2D eigenvalue weighted by Crippen LogP contribution is 2.23. The van der Waals surface area contributed by atoms with E-state index in [4.69, 9.17) is 0 Å². The van der Waals surface area contributed by atoms with Crippen molar-refractivity contribution >= 4 is 16.7 Å². The molecule has 0 saturated heterocycles. The summed E-state index contributed by atoms with van der Waals surface area (Å²) in [5, 5.41) is 3.32. The fourth-order valence-corrected chi connectivity index (χ4v) is 2.71. The molecule has 2 aromatic heterocycles. The third kappa shape index (κ3) is 2.49. The molecule has 1 aliphatic heterocycles. The predicted molar refractivity (Wildman–Crippen MR) is 88.2 cm³/mol. The molecule has 0 fully saturated rings. The fourth-order valence-electron chi connectivity index (χ4n) is 2.71. The van der Waals surface area contributed by atoms with E-state index in [0.717, 1.165) is 41.8 Å². The second-order valence-electron chi connectivity index (χ2n) is 5.37. The quantitative estimate of drug-likeness (QED) is 0.787. The largest absolute Gasteiger partial charge is 0.313 e. The summed E-state index contributed by atoms with van der Waals surface area (Å²) in [6.45, 7) is 1.94. The van der Waals surface area contributed by atoms with Gasteiger partial charge in [0.2, 0.25) is 0 Å². The van der Waals surface area contributed by atoms with Crippen LogP contribution in [0.5, 0.6) is 0 Å². The molecule has 4 rings (SSSR count). The topological polar surface area (TPSA) is 50.7 Å². The van der Waals surface area contributed by atoms with Crippen molar-refractivity contribution in [2.24, 2.45) is 0 Å². The van der Waals surface area contributed by atoms with Crippen LogP contribution in [0, 0.1) is 0 Å². The van der Waals surface area contributed by atoms with Crippen LogP contribution in [0.1, 0.15) is 12.0 Å². The predicted octanol–water partition coefficient (Wildman–Crippen LogP) is 3.07. The second kappa shape index (κ2) is 5.66. The monoisotopic (exact) mass is 288 g/mol. The zero-order valence-electron chi connectivity index (χ0n) is 12.2. The minimum absolute atomic E-state index is 0.694. The van der Waals surface area contributed by atoms with Gasteiger partial charge in [-0.2, -0.15) is 0 Å². The number of fused-ring (bicyclic) bond motifs is 1. The van der Waals surface area contributed by atoms with E-state index in [1.54, 1.807) is 0 Å². The van der Waals surface area contributed by atoms with Crippen molar-refractivity contribution in [3.63, 3.8) is 0 Å². The Bertz CT molecular complexity index is 840. The number of benzene rings is 1. The molecule has 0 saturated carbocycles. The van der Waals surface area contributed by atoms with Gasteiger partial charge in [-0.3, -0.25) is 4.98 Å². The Morgan fingerprint density at radius 2 is 1.86 bits per heavy atom. The van der Waals surface area contributed by atoms with Gasteiger partial charge in [0, 0.05) is 18.3 Å². The average Bonchev–Trinajstić information content (AvgIpc) is 2.62. The zero-order chi connectivity index (χ0) is 14.8. The van der Waals surface area contributed by atoms with Crippen molar-refractivity contribution in [2.45, 2.75) is 6.42 Å². The van der Waals surface area contributed by atoms with Crippen LogP contribution in [0.15, 0.2) is 54.9 Å². The third-order valence-corrected chi connectivity index (χ3v) is 3.90. The van der Waals surface area contributed by atoms with Crippen molar-refractivity contribution in [2.75, 3.05) is 13.1 Å². The minimum atomic E-state index is 0.694. The number of aromatic nitrogens is 3. The number of nitrogens with zero attached hydrogens (tertiary/aromatic N) is 3. The van der Waals surface area contributed by atoms with Crippen molar-refractivity contribution in [1.29, 1.82) is 0 Å². The van der Waals surface area contributed by atoms with Gasteiger partial charge in [0.25, 0.3) is 0 Å². The molecule has 3 aromatic rings. The summed E-state index contributed by atoms with van der Waals surface area (Å²) < 4.78 is 0. The number of rotatable bonds is 2. The molecule has 22 heavy (non-hydrogen) atoms. The standard InChI is InChI=1S/C18H16N4/c1-2-4-14(5-3-1)17-12-20-16-10-15(11-21-18(16)22-17)13-6-8-19-9-7-13/h1-6,10-12,19H,7-9H2. The van der Waals surface area contributed by atoms with E-state index in [2.05, 4.69) is 32.4 Å². The molecule has 0 bridgehead atoms. The van der Waals surface area contributed by atoms with Crippen LogP contribution in [-0.4, -0.2) is 28.0 Å². The van der Waals surface area contributed by atoms with Crippen LogP contribution in [-0.2, 0) is 0 Å². The first kappa shape index (κ1) is 13.1. The molecule has 4 nitrogen and oxygen atoms in total. The molecule has 4 heteroatoms. The molecule has 0 spiro atoms. The van der Waals surface area contributed by atoms with Crippen molar-refractivity contribution in [1.82, 2.24) is 20.3 Å². The maximum absolute atomic E-state index is 4.63. The zero-order valence-corrected chi connectivity index (χ0v) is 12.2. The summed E-state index contributed by atoms with van der Waals surface area (Å²) in [6, 6.07) is 12.1. The highest BCUT2D eigenvalue weighted by atomic mass is 14.9. The van der Waals surface area contributed by atoms with E-state index in [1.807, 2.05) is 42.7 Å². The van der Waals surface area contributed by atoms with Crippen molar-refractivity contribution < 1.29 is 0 Å². The fraction of sp³-hybridized carbons (Fsp3) is 0.167. The molecule has 3 heterocycles. The molecule has 0 aliphatic carbocycles. The Kier molecular flexibility index (Phi) is 3.37. The molecule has 0 amide bonds. The highest BCUT2D eigenvalue weighted by Gasteiger charge is 2.09. The van der Waals surface area contributed by atoms with Crippen LogP contribution in [0.25, 0.3) is 28.0 Å². The van der Waals surface area contributed by atoms with Gasteiger partial charge >= 0.3 is 0 Å². The number of hydrogen-bond acceptors (Lipinski definition) is 4. The van der Waals surface area contributed by atoms with Crippen molar-refractivity contribution in [3.05, 3.63) is 60.4 Å². The lowest BCUT2D eigenvalue weighted by Gasteiger charge is -2.14. The first-order valence-corrected chi connectivity index (χ1v) is 7.48. The molecular weight excluding hydrogens is 272 g/mol.